The van der Waals surface area contributed by atoms with Crippen LogP contribution in [0.4, 0.5) is 5.69 Å². The smallest absolute Gasteiger partial charge is 0.335 e. The highest BCUT2D eigenvalue weighted by molar-refractivity contribution is 5.89. The van der Waals surface area contributed by atoms with E-state index in [1.807, 2.05) is 0 Å². The number of rotatable bonds is 4. The van der Waals surface area contributed by atoms with Crippen LogP contribution < -0.4 is 10.1 Å². The summed E-state index contributed by atoms with van der Waals surface area (Å²) in [7, 11) is 1.58. The van der Waals surface area contributed by atoms with Crippen molar-refractivity contribution in [2.45, 2.75) is 38.3 Å². The number of carbonyl (C=O) groups is 1. The van der Waals surface area contributed by atoms with E-state index >= 15 is 0 Å². The Morgan fingerprint density at radius 1 is 1.50 bits per heavy atom. The Balaban J connectivity index is 2.18. The normalized spacial score (nSPS) is 21.2. The van der Waals surface area contributed by atoms with Crippen molar-refractivity contribution in [2.75, 3.05) is 19.0 Å². The van der Waals surface area contributed by atoms with Gasteiger partial charge in [-0.2, -0.15) is 0 Å². The van der Waals surface area contributed by atoms with Crippen LogP contribution in [0.2, 0.25) is 0 Å². The van der Waals surface area contributed by atoms with E-state index in [-0.39, 0.29) is 17.2 Å². The van der Waals surface area contributed by atoms with E-state index < -0.39 is 5.97 Å². The first-order chi connectivity index (χ1) is 9.41. The predicted molar refractivity (Wildman–Crippen MR) is 76.6 cm³/mol. The third-order valence-corrected chi connectivity index (χ3v) is 3.50. The number of ether oxygens (including phenoxy) is 2. The van der Waals surface area contributed by atoms with Gasteiger partial charge in [-0.15, -0.1) is 0 Å². The average Bonchev–Trinajstić information content (AvgIpc) is 2.37. The molecule has 1 unspecified atom stereocenters. The van der Waals surface area contributed by atoms with Crippen molar-refractivity contribution >= 4 is 11.7 Å². The first-order valence-corrected chi connectivity index (χ1v) is 6.73. The summed E-state index contributed by atoms with van der Waals surface area (Å²) in [6.45, 7) is 4.82. The summed E-state index contributed by atoms with van der Waals surface area (Å²) < 4.78 is 11.0. The van der Waals surface area contributed by atoms with Crippen LogP contribution >= 0.6 is 0 Å². The lowest BCUT2D eigenvalue weighted by atomic mass is 9.93. The van der Waals surface area contributed by atoms with Gasteiger partial charge in [0.2, 0.25) is 0 Å². The van der Waals surface area contributed by atoms with Crippen LogP contribution in [0.1, 0.15) is 37.0 Å². The number of hydrogen-bond acceptors (Lipinski definition) is 4. The first-order valence-electron chi connectivity index (χ1n) is 6.73. The van der Waals surface area contributed by atoms with Gasteiger partial charge in [0.05, 0.1) is 24.0 Å². The lowest BCUT2D eigenvalue weighted by molar-refractivity contribution is -0.0553. The number of anilines is 1. The van der Waals surface area contributed by atoms with Crippen molar-refractivity contribution in [1.29, 1.82) is 0 Å². The highest BCUT2D eigenvalue weighted by atomic mass is 16.5. The highest BCUT2D eigenvalue weighted by Gasteiger charge is 2.29. The van der Waals surface area contributed by atoms with Gasteiger partial charge in [-0.05, 0) is 44.9 Å². The Kier molecular flexibility index (Phi) is 4.18. The van der Waals surface area contributed by atoms with Gasteiger partial charge in [0.15, 0.2) is 0 Å². The van der Waals surface area contributed by atoms with E-state index in [1.165, 1.54) is 0 Å². The minimum Gasteiger partial charge on any atom is -0.495 e. The quantitative estimate of drug-likeness (QED) is 0.887. The van der Waals surface area contributed by atoms with Crippen LogP contribution in [0.25, 0.3) is 0 Å². The third-order valence-electron chi connectivity index (χ3n) is 3.50. The topological polar surface area (TPSA) is 67.8 Å². The lowest BCUT2D eigenvalue weighted by Gasteiger charge is -2.36. The van der Waals surface area contributed by atoms with Gasteiger partial charge in [-0.3, -0.25) is 0 Å². The molecule has 1 fully saturated rings. The number of nitrogens with one attached hydrogen (secondary N) is 1. The van der Waals surface area contributed by atoms with Gasteiger partial charge in [0.25, 0.3) is 0 Å². The van der Waals surface area contributed by atoms with E-state index in [2.05, 4.69) is 19.2 Å². The molecule has 1 aromatic carbocycles. The molecule has 0 bridgehead atoms. The molecule has 0 radical (unpaired) electrons. The molecule has 0 saturated carbocycles. The van der Waals surface area contributed by atoms with Crippen molar-refractivity contribution in [3.63, 3.8) is 0 Å². The number of aromatic carboxylic acids is 1. The fourth-order valence-electron chi connectivity index (χ4n) is 2.53. The highest BCUT2D eigenvalue weighted by Crippen LogP contribution is 2.31. The van der Waals surface area contributed by atoms with Crippen LogP contribution in [-0.2, 0) is 4.74 Å². The lowest BCUT2D eigenvalue weighted by Crippen LogP contribution is -2.40. The molecule has 0 amide bonds. The van der Waals surface area contributed by atoms with Crippen LogP contribution in [-0.4, -0.2) is 36.4 Å². The van der Waals surface area contributed by atoms with E-state index in [0.717, 1.165) is 18.5 Å². The summed E-state index contributed by atoms with van der Waals surface area (Å²) in [5, 5.41) is 12.5. The number of carboxylic acids is 1. The second kappa shape index (κ2) is 5.71. The number of methoxy groups -OCH3 is 1. The van der Waals surface area contributed by atoms with E-state index in [1.54, 1.807) is 25.3 Å². The molecule has 5 nitrogen and oxygen atoms in total. The van der Waals surface area contributed by atoms with Gasteiger partial charge in [0, 0.05) is 12.6 Å². The number of hydrogen-bond donors (Lipinski definition) is 2. The fourth-order valence-corrected chi connectivity index (χ4v) is 2.53. The molecular weight excluding hydrogens is 258 g/mol. The van der Waals surface area contributed by atoms with Crippen LogP contribution in [0, 0.1) is 0 Å². The minimum atomic E-state index is -0.942. The van der Waals surface area contributed by atoms with Gasteiger partial charge in [-0.25, -0.2) is 4.79 Å². The van der Waals surface area contributed by atoms with Crippen molar-refractivity contribution in [3.8, 4) is 5.75 Å². The van der Waals surface area contributed by atoms with Gasteiger partial charge in [-0.1, -0.05) is 0 Å². The molecule has 0 aliphatic carbocycles. The standard InChI is InChI=1S/C15H21NO4/c1-15(2)9-11(6-7-20-15)16-12-8-10(14(17)18)4-5-13(12)19-3/h4-5,8,11,16H,6-7,9H2,1-3H3,(H,17,18). The molecule has 1 saturated heterocycles. The molecule has 1 atom stereocenters. The van der Waals surface area contributed by atoms with Crippen molar-refractivity contribution < 1.29 is 19.4 Å². The van der Waals surface area contributed by atoms with Gasteiger partial charge >= 0.3 is 5.97 Å². The first kappa shape index (κ1) is 14.7. The fraction of sp³-hybridized carbons (Fsp3) is 0.533. The molecule has 20 heavy (non-hydrogen) atoms. The summed E-state index contributed by atoms with van der Waals surface area (Å²) in [5.41, 5.74) is 0.808. The molecule has 1 aromatic rings. The second-order valence-corrected chi connectivity index (χ2v) is 5.66. The largest absolute Gasteiger partial charge is 0.495 e. The Morgan fingerprint density at radius 2 is 2.25 bits per heavy atom. The minimum absolute atomic E-state index is 0.159. The molecule has 0 aromatic heterocycles. The Morgan fingerprint density at radius 3 is 2.85 bits per heavy atom. The zero-order valence-corrected chi connectivity index (χ0v) is 12.1. The molecule has 1 heterocycles. The van der Waals surface area contributed by atoms with E-state index in [4.69, 9.17) is 14.6 Å². The molecule has 110 valence electrons. The number of benzene rings is 1. The summed E-state index contributed by atoms with van der Waals surface area (Å²) in [6.07, 6.45) is 1.76. The van der Waals surface area contributed by atoms with Gasteiger partial charge in [0.1, 0.15) is 5.75 Å². The van der Waals surface area contributed by atoms with E-state index in [9.17, 15) is 4.79 Å². The molecule has 2 rings (SSSR count). The van der Waals surface area contributed by atoms with Gasteiger partial charge < -0.3 is 19.9 Å². The van der Waals surface area contributed by atoms with Crippen LogP contribution in [0.3, 0.4) is 0 Å². The van der Waals surface area contributed by atoms with Crippen molar-refractivity contribution in [2.24, 2.45) is 0 Å². The Labute approximate surface area is 118 Å². The van der Waals surface area contributed by atoms with Crippen LogP contribution in [0.15, 0.2) is 18.2 Å². The summed E-state index contributed by atoms with van der Waals surface area (Å²) in [5.74, 6) is -0.290. The summed E-state index contributed by atoms with van der Waals surface area (Å²) in [6, 6.07) is 5.08. The maximum atomic E-state index is 11.1. The molecular formula is C15H21NO4. The molecule has 1 aliphatic heterocycles. The zero-order valence-electron chi connectivity index (χ0n) is 12.1. The second-order valence-electron chi connectivity index (χ2n) is 5.66. The summed E-state index contributed by atoms with van der Waals surface area (Å²) >= 11 is 0. The Hall–Kier alpha value is -1.75. The molecule has 1 aliphatic rings. The average molecular weight is 279 g/mol. The van der Waals surface area contributed by atoms with Crippen LogP contribution in [0.5, 0.6) is 5.75 Å². The van der Waals surface area contributed by atoms with E-state index in [0.29, 0.717) is 12.4 Å². The molecule has 0 spiro atoms. The monoisotopic (exact) mass is 279 g/mol. The number of carboxylic acid groups (broad SMARTS) is 1. The summed E-state index contributed by atoms with van der Waals surface area (Å²) in [4.78, 5) is 11.1. The molecule has 2 N–H and O–H groups in total. The third kappa shape index (κ3) is 3.42. The maximum Gasteiger partial charge on any atom is 0.335 e. The maximum absolute atomic E-state index is 11.1. The molecule has 5 heteroatoms. The Bertz CT molecular complexity index is 499. The SMILES string of the molecule is COc1ccc(C(=O)O)cc1NC1CCOC(C)(C)C1. The predicted octanol–water partition coefficient (Wildman–Crippen LogP) is 2.76. The van der Waals surface area contributed by atoms with Crippen molar-refractivity contribution in [3.05, 3.63) is 23.8 Å². The zero-order chi connectivity index (χ0) is 14.8. The van der Waals surface area contributed by atoms with Crippen molar-refractivity contribution in [1.82, 2.24) is 0 Å².